The zero-order chi connectivity index (χ0) is 46.3. The Morgan fingerprint density at radius 1 is 0.848 bits per heavy atom. The van der Waals surface area contributed by atoms with Gasteiger partial charge in [-0.3, -0.25) is 19.3 Å². The third-order valence-electron chi connectivity index (χ3n) is 12.7. The van der Waals surface area contributed by atoms with E-state index in [1.54, 1.807) is 24.3 Å². The van der Waals surface area contributed by atoms with Gasteiger partial charge in [0, 0.05) is 80.7 Å². The lowest BCUT2D eigenvalue weighted by Crippen LogP contribution is -2.45. The molecule has 3 saturated heterocycles. The van der Waals surface area contributed by atoms with E-state index in [-0.39, 0.29) is 41.4 Å². The monoisotopic (exact) mass is 905 g/mol. The van der Waals surface area contributed by atoms with Crippen LogP contribution in [-0.4, -0.2) is 121 Å². The van der Waals surface area contributed by atoms with Gasteiger partial charge in [-0.1, -0.05) is 20.8 Å². The minimum Gasteiger partial charge on any atom is -0.489 e. The number of likely N-dealkylation sites (tertiary alicyclic amines) is 1. The lowest BCUT2D eigenvalue weighted by atomic mass is 9.86. The second kappa shape index (κ2) is 18.5. The molecule has 0 aliphatic carbocycles. The third-order valence-corrected chi connectivity index (χ3v) is 12.7. The van der Waals surface area contributed by atoms with Crippen LogP contribution in [0, 0.1) is 11.6 Å². The summed E-state index contributed by atoms with van der Waals surface area (Å²) in [5.74, 6) is -2.43. The number of carbonyl (C=O) groups excluding carboxylic acids is 4. The maximum atomic E-state index is 15.6. The minimum absolute atomic E-state index is 0.0499. The molecule has 0 bridgehead atoms. The summed E-state index contributed by atoms with van der Waals surface area (Å²) >= 11 is 0. The molecule has 9 rings (SSSR count). The largest absolute Gasteiger partial charge is 0.489 e. The zero-order valence-electron chi connectivity index (χ0n) is 37.3. The Kier molecular flexibility index (Phi) is 12.6. The molecule has 2 amide bonds. The topological polar surface area (TPSA) is 170 Å². The number of ether oxygens (including phenoxy) is 4. The molecule has 66 heavy (non-hydrogen) atoms. The highest BCUT2D eigenvalue weighted by atomic mass is 19.1. The lowest BCUT2D eigenvalue weighted by molar-refractivity contribution is -0.138. The standard InChI is InChI=1S/C49H53F2N7O8/c1-49(2,3)37-24-31-22-32(25-39(51)44(31)54-46(37)57-14-18-64-19-15-57)48(62)66-42(59)9-7-40(45(52)60)58-27-33-23-34(5-6-36(33)47(58)61)65-35-10-11-55(28-35)26-29-20-30-4-8-41(53-43(30)38(50)21-29)56-12-16-63-17-13-56/h4-6,8,20-25,35,40H,7,9-19,26-28H2,1-3H3,(H2,52,60)/t35-,40-/m0/s1. The summed E-state index contributed by atoms with van der Waals surface area (Å²) in [5, 5.41) is 1.12. The van der Waals surface area contributed by atoms with Gasteiger partial charge in [-0.2, -0.15) is 0 Å². The number of pyridine rings is 2. The van der Waals surface area contributed by atoms with Crippen molar-refractivity contribution >= 4 is 57.2 Å². The molecule has 3 fully saturated rings. The number of nitrogens with zero attached hydrogens (tertiary/aromatic N) is 6. The van der Waals surface area contributed by atoms with E-state index in [2.05, 4.69) is 19.7 Å². The van der Waals surface area contributed by atoms with E-state index < -0.39 is 42.0 Å². The fourth-order valence-electron chi connectivity index (χ4n) is 9.27. The summed E-state index contributed by atoms with van der Waals surface area (Å²) in [6, 6.07) is 15.6. The van der Waals surface area contributed by atoms with E-state index in [0.29, 0.717) is 86.2 Å². The van der Waals surface area contributed by atoms with Crippen molar-refractivity contribution in [2.45, 2.75) is 70.7 Å². The SMILES string of the molecule is CC(C)(C)c1cc2cc(C(=O)OC(=O)CC[C@@H](C(N)=O)N3Cc4cc(O[C@H]5CCN(Cc6cc(F)c7nc(N8CCOCC8)ccc7c6)C5)ccc4C3=O)cc(F)c2nc1N1CCOCC1. The lowest BCUT2D eigenvalue weighted by Gasteiger charge is -2.33. The molecule has 6 heterocycles. The van der Waals surface area contributed by atoms with Crippen LogP contribution in [0.25, 0.3) is 21.8 Å². The molecular weight excluding hydrogens is 853 g/mol. The van der Waals surface area contributed by atoms with Crippen LogP contribution in [0.5, 0.6) is 5.75 Å². The number of anilines is 2. The van der Waals surface area contributed by atoms with Crippen LogP contribution in [0.15, 0.2) is 60.7 Å². The fraction of sp³-hybridized carbons (Fsp3) is 0.429. The van der Waals surface area contributed by atoms with Crippen molar-refractivity contribution in [3.8, 4) is 5.75 Å². The second-order valence-corrected chi connectivity index (χ2v) is 18.4. The Morgan fingerprint density at radius 3 is 2.29 bits per heavy atom. The summed E-state index contributed by atoms with van der Waals surface area (Å²) in [4.78, 5) is 69.5. The van der Waals surface area contributed by atoms with Crippen LogP contribution >= 0.6 is 0 Å². The quantitative estimate of drug-likeness (QED) is 0.120. The van der Waals surface area contributed by atoms with E-state index in [9.17, 15) is 19.2 Å². The first-order chi connectivity index (χ1) is 31.7. The number of primary amides is 1. The minimum atomic E-state index is -1.18. The van der Waals surface area contributed by atoms with Crippen molar-refractivity contribution in [2.75, 3.05) is 75.5 Å². The predicted molar refractivity (Wildman–Crippen MR) is 241 cm³/mol. The summed E-state index contributed by atoms with van der Waals surface area (Å²) in [6.07, 6.45) is -0.0282. The van der Waals surface area contributed by atoms with Crippen molar-refractivity contribution < 1.29 is 46.9 Å². The summed E-state index contributed by atoms with van der Waals surface area (Å²) in [5.41, 5.74) is 8.38. The van der Waals surface area contributed by atoms with Crippen molar-refractivity contribution in [1.82, 2.24) is 19.8 Å². The highest BCUT2D eigenvalue weighted by Crippen LogP contribution is 2.36. The summed E-state index contributed by atoms with van der Waals surface area (Å²) < 4.78 is 53.4. The van der Waals surface area contributed by atoms with Crippen LogP contribution in [0.1, 0.15) is 77.4 Å². The number of hydrogen-bond acceptors (Lipinski definition) is 13. The number of hydrogen-bond donors (Lipinski definition) is 1. The van der Waals surface area contributed by atoms with Gasteiger partial charge in [0.05, 0.1) is 32.0 Å². The van der Waals surface area contributed by atoms with Crippen LogP contribution in [-0.2, 0) is 42.3 Å². The molecule has 0 spiro atoms. The molecule has 0 saturated carbocycles. The highest BCUT2D eigenvalue weighted by molar-refractivity contribution is 6.02. The van der Waals surface area contributed by atoms with Crippen LogP contribution in [0.2, 0.25) is 0 Å². The number of carbonyl (C=O) groups is 4. The first-order valence-electron chi connectivity index (χ1n) is 22.4. The normalized spacial score (nSPS) is 18.5. The van der Waals surface area contributed by atoms with Gasteiger partial charge in [0.15, 0.2) is 0 Å². The van der Waals surface area contributed by atoms with Gasteiger partial charge in [-0.25, -0.2) is 23.5 Å². The van der Waals surface area contributed by atoms with Gasteiger partial charge in [0.1, 0.15) is 52.2 Å². The summed E-state index contributed by atoms with van der Waals surface area (Å²) in [6.45, 7) is 13.0. The molecule has 3 aromatic carbocycles. The molecule has 17 heteroatoms. The molecule has 4 aliphatic rings. The first kappa shape index (κ1) is 44.9. The number of fused-ring (bicyclic) bond motifs is 3. The molecule has 5 aromatic rings. The Bertz CT molecular complexity index is 2720. The van der Waals surface area contributed by atoms with Gasteiger partial charge in [-0.15, -0.1) is 0 Å². The van der Waals surface area contributed by atoms with Gasteiger partial charge in [0.25, 0.3) is 5.91 Å². The highest BCUT2D eigenvalue weighted by Gasteiger charge is 2.37. The number of rotatable bonds is 12. The number of benzene rings is 3. The van der Waals surface area contributed by atoms with E-state index in [1.165, 1.54) is 11.0 Å². The molecule has 346 valence electrons. The number of aromatic nitrogens is 2. The van der Waals surface area contributed by atoms with E-state index in [0.717, 1.165) is 54.5 Å². The Morgan fingerprint density at radius 2 is 1.56 bits per heavy atom. The molecular formula is C49H53F2N7O8. The number of halogens is 2. The zero-order valence-corrected chi connectivity index (χ0v) is 37.3. The van der Waals surface area contributed by atoms with E-state index in [1.807, 2.05) is 45.0 Å². The van der Waals surface area contributed by atoms with Crippen molar-refractivity contribution in [2.24, 2.45) is 5.73 Å². The fourth-order valence-corrected chi connectivity index (χ4v) is 9.27. The third kappa shape index (κ3) is 9.50. The molecule has 0 radical (unpaired) electrons. The maximum Gasteiger partial charge on any atom is 0.345 e. The van der Waals surface area contributed by atoms with Gasteiger partial charge in [-0.05, 0) is 90.0 Å². The Hall–Kier alpha value is -6.30. The molecule has 2 atom stereocenters. The van der Waals surface area contributed by atoms with E-state index >= 15 is 8.78 Å². The van der Waals surface area contributed by atoms with E-state index in [4.69, 9.17) is 29.7 Å². The van der Waals surface area contributed by atoms with Crippen LogP contribution < -0.4 is 20.3 Å². The van der Waals surface area contributed by atoms with Gasteiger partial charge >= 0.3 is 11.9 Å². The molecule has 0 unspecified atom stereocenters. The Labute approximate surface area is 380 Å². The summed E-state index contributed by atoms with van der Waals surface area (Å²) in [7, 11) is 0. The number of nitrogens with two attached hydrogens (primary N) is 1. The van der Waals surface area contributed by atoms with Crippen LogP contribution in [0.4, 0.5) is 20.4 Å². The average Bonchev–Trinajstić information content (AvgIpc) is 3.88. The Balaban J connectivity index is 0.794. The maximum absolute atomic E-state index is 15.6. The number of amides is 2. The molecule has 2 aromatic heterocycles. The second-order valence-electron chi connectivity index (χ2n) is 18.4. The average molecular weight is 906 g/mol. The van der Waals surface area contributed by atoms with Crippen molar-refractivity contribution in [1.29, 1.82) is 0 Å². The molecule has 15 nitrogen and oxygen atoms in total. The van der Waals surface area contributed by atoms with Crippen molar-refractivity contribution in [3.05, 3.63) is 100 Å². The van der Waals surface area contributed by atoms with Gasteiger partial charge in [0.2, 0.25) is 5.91 Å². The van der Waals surface area contributed by atoms with Crippen molar-refractivity contribution in [3.63, 3.8) is 0 Å². The van der Waals surface area contributed by atoms with Crippen LogP contribution in [0.3, 0.4) is 0 Å². The molecule has 2 N–H and O–H groups in total. The van der Waals surface area contributed by atoms with Gasteiger partial charge < -0.3 is 39.4 Å². The smallest absolute Gasteiger partial charge is 0.345 e. The predicted octanol–water partition coefficient (Wildman–Crippen LogP) is 5.66. The first-order valence-corrected chi connectivity index (χ1v) is 22.4. The molecule has 4 aliphatic heterocycles. The number of morpholine rings is 2. The number of esters is 2.